The van der Waals surface area contributed by atoms with Crippen molar-refractivity contribution < 1.29 is 13.9 Å². The van der Waals surface area contributed by atoms with Crippen LogP contribution in [0.25, 0.3) is 0 Å². The van der Waals surface area contributed by atoms with Crippen molar-refractivity contribution in [3.8, 4) is 5.75 Å². The Morgan fingerprint density at radius 3 is 2.83 bits per heavy atom. The second-order valence-corrected chi connectivity index (χ2v) is 7.53. The number of methoxy groups -OCH3 is 1. The fourth-order valence-corrected chi connectivity index (χ4v) is 3.41. The van der Waals surface area contributed by atoms with Crippen LogP contribution in [0.1, 0.15) is 17.0 Å². The molecule has 0 radical (unpaired) electrons. The minimum absolute atomic E-state index is 0.0554. The van der Waals surface area contributed by atoms with Crippen LogP contribution in [0.2, 0.25) is 5.02 Å². The van der Waals surface area contributed by atoms with E-state index in [1.165, 1.54) is 17.9 Å². The Labute approximate surface area is 176 Å². The Kier molecular flexibility index (Phi) is 6.60. The average Bonchev–Trinajstić information content (AvgIpc) is 3.04. The number of halogens is 2. The third-order valence-corrected chi connectivity index (χ3v) is 5.48. The second-order valence-electron chi connectivity index (χ2n) is 6.18. The molecule has 3 aromatic rings. The Hall–Kier alpha value is -2.78. The third kappa shape index (κ3) is 4.99. The van der Waals surface area contributed by atoms with Gasteiger partial charge < -0.3 is 15.9 Å². The van der Waals surface area contributed by atoms with Gasteiger partial charge >= 0.3 is 0 Å². The van der Waals surface area contributed by atoms with Gasteiger partial charge in [-0.25, -0.2) is 9.07 Å². The van der Waals surface area contributed by atoms with Gasteiger partial charge in [0.1, 0.15) is 11.6 Å². The Morgan fingerprint density at radius 1 is 1.34 bits per heavy atom. The number of rotatable bonds is 7. The number of carbonyl (C=O) groups excluding carboxylic acids is 1. The molecule has 3 rings (SSSR count). The molecule has 0 saturated heterocycles. The number of thioether (sulfide) groups is 1. The summed E-state index contributed by atoms with van der Waals surface area (Å²) in [6.45, 7) is 1.83. The van der Waals surface area contributed by atoms with Crippen molar-refractivity contribution in [1.29, 1.82) is 0 Å². The van der Waals surface area contributed by atoms with Crippen LogP contribution in [0.5, 0.6) is 5.75 Å². The minimum atomic E-state index is -0.337. The van der Waals surface area contributed by atoms with Crippen molar-refractivity contribution in [3.63, 3.8) is 0 Å². The molecular weight excluding hydrogens is 417 g/mol. The van der Waals surface area contributed by atoms with Crippen molar-refractivity contribution in [2.24, 2.45) is 0 Å². The number of hydrogen-bond donors (Lipinski definition) is 2. The van der Waals surface area contributed by atoms with E-state index in [-0.39, 0.29) is 23.9 Å². The lowest BCUT2D eigenvalue weighted by Crippen LogP contribution is -2.18. The van der Waals surface area contributed by atoms with E-state index in [9.17, 15) is 9.18 Å². The first-order valence-corrected chi connectivity index (χ1v) is 9.95. The molecule has 0 fully saturated rings. The van der Waals surface area contributed by atoms with Gasteiger partial charge in [0.05, 0.1) is 18.6 Å². The number of ether oxygens (including phenoxy) is 1. The number of nitrogens with zero attached hydrogens (tertiary/aromatic N) is 3. The Balaban J connectivity index is 1.63. The van der Waals surface area contributed by atoms with E-state index in [1.807, 2.05) is 6.92 Å². The normalized spacial score (nSPS) is 10.8. The van der Waals surface area contributed by atoms with E-state index in [0.29, 0.717) is 33.0 Å². The minimum Gasteiger partial charge on any atom is -0.495 e. The lowest BCUT2D eigenvalue weighted by atomic mass is 10.1. The molecule has 0 spiro atoms. The van der Waals surface area contributed by atoms with Crippen LogP contribution < -0.4 is 15.9 Å². The first-order chi connectivity index (χ1) is 13.9. The zero-order valence-corrected chi connectivity index (χ0v) is 17.4. The van der Waals surface area contributed by atoms with Gasteiger partial charge in [0.25, 0.3) is 0 Å². The molecule has 0 atom stereocenters. The Bertz CT molecular complexity index is 1040. The topological polar surface area (TPSA) is 95.1 Å². The maximum absolute atomic E-state index is 13.8. The molecule has 0 saturated carbocycles. The van der Waals surface area contributed by atoms with Crippen LogP contribution in [-0.2, 0) is 11.2 Å². The molecule has 29 heavy (non-hydrogen) atoms. The number of aryl methyl sites for hydroxylation is 1. The predicted octanol–water partition coefficient (Wildman–Crippen LogP) is 3.42. The molecule has 0 aliphatic carbocycles. The summed E-state index contributed by atoms with van der Waals surface area (Å²) in [5, 5.41) is 11.7. The van der Waals surface area contributed by atoms with Gasteiger partial charge in [0, 0.05) is 17.5 Å². The highest BCUT2D eigenvalue weighted by Gasteiger charge is 2.15. The van der Waals surface area contributed by atoms with E-state index in [0.717, 1.165) is 17.3 Å². The fourth-order valence-electron chi connectivity index (χ4n) is 2.58. The highest BCUT2D eigenvalue weighted by Crippen LogP contribution is 2.31. The number of nitrogen functional groups attached to an aromatic ring is 1. The maximum atomic E-state index is 13.8. The van der Waals surface area contributed by atoms with Gasteiger partial charge in [-0.15, -0.1) is 10.2 Å². The summed E-state index contributed by atoms with van der Waals surface area (Å²) in [6, 6.07) is 9.77. The summed E-state index contributed by atoms with van der Waals surface area (Å²) in [5.74, 6) is 6.32. The average molecular weight is 436 g/mol. The van der Waals surface area contributed by atoms with Gasteiger partial charge in [0.15, 0.2) is 5.82 Å². The standard InChI is InChI=1S/C19H19ClFN5O2S/c1-11-7-15(16(28-2)9-13(11)20)23-18(27)10-29-19-25-24-17(26(19)22)8-12-5-3-4-6-14(12)21/h3-7,9H,8,10,22H2,1-2H3,(H,23,27). The summed E-state index contributed by atoms with van der Waals surface area (Å²) < 4.78 is 20.3. The number of hydrogen-bond acceptors (Lipinski definition) is 6. The zero-order chi connectivity index (χ0) is 21.0. The first kappa shape index (κ1) is 20.9. The highest BCUT2D eigenvalue weighted by atomic mass is 35.5. The molecular formula is C19H19ClFN5O2S. The molecule has 1 aromatic heterocycles. The van der Waals surface area contributed by atoms with Crippen LogP contribution in [0, 0.1) is 12.7 Å². The van der Waals surface area contributed by atoms with Gasteiger partial charge in [0.2, 0.25) is 11.1 Å². The molecule has 1 amide bonds. The molecule has 0 bridgehead atoms. The Morgan fingerprint density at radius 2 is 2.10 bits per heavy atom. The molecule has 0 unspecified atom stereocenters. The lowest BCUT2D eigenvalue weighted by Gasteiger charge is -2.12. The third-order valence-electron chi connectivity index (χ3n) is 4.13. The smallest absolute Gasteiger partial charge is 0.234 e. The van der Waals surface area contributed by atoms with Crippen LogP contribution in [0.4, 0.5) is 10.1 Å². The molecule has 7 nitrogen and oxygen atoms in total. The number of nitrogens with one attached hydrogen (secondary N) is 1. The van der Waals surface area contributed by atoms with Gasteiger partial charge in [-0.3, -0.25) is 4.79 Å². The van der Waals surface area contributed by atoms with Gasteiger partial charge in [-0.05, 0) is 30.2 Å². The van der Waals surface area contributed by atoms with Crippen LogP contribution in [0.3, 0.4) is 0 Å². The molecule has 2 aromatic carbocycles. The van der Waals surface area contributed by atoms with Crippen molar-refractivity contribution >= 4 is 35.0 Å². The molecule has 1 heterocycles. The molecule has 0 aliphatic rings. The van der Waals surface area contributed by atoms with Crippen molar-refractivity contribution in [2.45, 2.75) is 18.5 Å². The monoisotopic (exact) mass is 435 g/mol. The van der Waals surface area contributed by atoms with Gasteiger partial charge in [-0.1, -0.05) is 41.6 Å². The summed E-state index contributed by atoms with van der Waals surface area (Å²) >= 11 is 7.20. The number of benzene rings is 2. The molecule has 152 valence electrons. The van der Waals surface area contributed by atoms with Crippen molar-refractivity contribution in [2.75, 3.05) is 24.0 Å². The van der Waals surface area contributed by atoms with E-state index in [2.05, 4.69) is 15.5 Å². The number of anilines is 1. The lowest BCUT2D eigenvalue weighted by molar-refractivity contribution is -0.113. The van der Waals surface area contributed by atoms with E-state index >= 15 is 0 Å². The quantitative estimate of drug-likeness (QED) is 0.436. The summed E-state index contributed by atoms with van der Waals surface area (Å²) in [5.41, 5.74) is 1.80. The van der Waals surface area contributed by atoms with Crippen molar-refractivity contribution in [3.05, 3.63) is 64.2 Å². The van der Waals surface area contributed by atoms with E-state index < -0.39 is 0 Å². The SMILES string of the molecule is COc1cc(Cl)c(C)cc1NC(=O)CSc1nnc(Cc2ccccc2F)n1N. The summed E-state index contributed by atoms with van der Waals surface area (Å²) in [7, 11) is 1.50. The predicted molar refractivity (Wildman–Crippen MR) is 111 cm³/mol. The number of nitrogens with two attached hydrogens (primary N) is 1. The maximum Gasteiger partial charge on any atom is 0.234 e. The van der Waals surface area contributed by atoms with Gasteiger partial charge in [-0.2, -0.15) is 0 Å². The number of amides is 1. The van der Waals surface area contributed by atoms with E-state index in [1.54, 1.807) is 30.3 Å². The largest absolute Gasteiger partial charge is 0.495 e. The summed E-state index contributed by atoms with van der Waals surface area (Å²) in [6.07, 6.45) is 0.199. The fraction of sp³-hybridized carbons (Fsp3) is 0.211. The van der Waals surface area contributed by atoms with Crippen LogP contribution in [-0.4, -0.2) is 33.6 Å². The number of aromatic nitrogens is 3. The van der Waals surface area contributed by atoms with Crippen LogP contribution >= 0.6 is 23.4 Å². The molecule has 0 aliphatic heterocycles. The highest BCUT2D eigenvalue weighted by molar-refractivity contribution is 7.99. The molecule has 10 heteroatoms. The van der Waals surface area contributed by atoms with E-state index in [4.69, 9.17) is 22.2 Å². The summed E-state index contributed by atoms with van der Waals surface area (Å²) in [4.78, 5) is 12.3. The van der Waals surface area contributed by atoms with Crippen molar-refractivity contribution in [1.82, 2.24) is 14.9 Å². The molecule has 3 N–H and O–H groups in total. The second kappa shape index (κ2) is 9.15. The number of carbonyl (C=O) groups is 1. The first-order valence-electron chi connectivity index (χ1n) is 8.58. The van der Waals surface area contributed by atoms with Crippen LogP contribution in [0.15, 0.2) is 41.6 Å². The zero-order valence-electron chi connectivity index (χ0n) is 15.8.